The van der Waals surface area contributed by atoms with Crippen LogP contribution in [0.5, 0.6) is 0 Å². The number of ether oxygens (including phenoxy) is 1. The maximum Gasteiger partial charge on any atom is 0.376 e. The van der Waals surface area contributed by atoms with Crippen LogP contribution in [0.4, 0.5) is 0 Å². The molecule has 3 nitrogen and oxygen atoms in total. The van der Waals surface area contributed by atoms with E-state index >= 15 is 0 Å². The van der Waals surface area contributed by atoms with Gasteiger partial charge in [0.25, 0.3) is 0 Å². The van der Waals surface area contributed by atoms with Gasteiger partial charge in [0.2, 0.25) is 0 Å². The maximum absolute atomic E-state index is 9.39. The second kappa shape index (κ2) is 5.30. The van der Waals surface area contributed by atoms with E-state index in [1.165, 1.54) is 6.42 Å². The third-order valence-electron chi connectivity index (χ3n) is 2.50. The van der Waals surface area contributed by atoms with E-state index in [0.717, 1.165) is 19.5 Å². The molecule has 0 aromatic carbocycles. The lowest BCUT2D eigenvalue weighted by Gasteiger charge is -2.31. The predicted octanol–water partition coefficient (Wildman–Crippen LogP) is 0.969. The highest BCUT2D eigenvalue weighted by atomic mass is 16.5. The third kappa shape index (κ3) is 3.40. The molecule has 0 aromatic rings. The van der Waals surface area contributed by atoms with E-state index in [2.05, 4.69) is 10.9 Å². The van der Waals surface area contributed by atoms with Gasteiger partial charge in [-0.1, -0.05) is 0 Å². The molecular formula is C9H18BNO2. The van der Waals surface area contributed by atoms with Crippen molar-refractivity contribution in [3.8, 4) is 0 Å². The van der Waals surface area contributed by atoms with Gasteiger partial charge < -0.3 is 14.6 Å². The van der Waals surface area contributed by atoms with E-state index in [1.807, 2.05) is 6.82 Å². The Morgan fingerprint density at radius 2 is 2.38 bits per heavy atom. The van der Waals surface area contributed by atoms with Gasteiger partial charge >= 0.3 is 7.05 Å². The summed E-state index contributed by atoms with van der Waals surface area (Å²) >= 11 is 0. The van der Waals surface area contributed by atoms with E-state index < -0.39 is 0 Å². The second-order valence-corrected chi connectivity index (χ2v) is 3.59. The summed E-state index contributed by atoms with van der Waals surface area (Å²) in [6.45, 7) is 3.77. The minimum atomic E-state index is -0.321. The number of hydrogen-bond donors (Lipinski definition) is 1. The topological polar surface area (TPSA) is 32.7 Å². The van der Waals surface area contributed by atoms with E-state index in [0.29, 0.717) is 5.92 Å². The molecule has 0 aliphatic carbocycles. The van der Waals surface area contributed by atoms with Gasteiger partial charge in [-0.2, -0.15) is 0 Å². The van der Waals surface area contributed by atoms with Crippen molar-refractivity contribution < 1.29 is 9.76 Å². The number of methoxy groups -OCH3 is 1. The first-order valence-corrected chi connectivity index (χ1v) is 4.85. The van der Waals surface area contributed by atoms with E-state index in [1.54, 1.807) is 13.4 Å². The molecular weight excluding hydrogens is 165 g/mol. The van der Waals surface area contributed by atoms with Crippen LogP contribution in [0.15, 0.2) is 12.3 Å². The number of piperidine rings is 1. The van der Waals surface area contributed by atoms with Crippen molar-refractivity contribution in [2.24, 2.45) is 5.92 Å². The molecule has 1 heterocycles. The fourth-order valence-corrected chi connectivity index (χ4v) is 1.73. The van der Waals surface area contributed by atoms with Crippen LogP contribution in [0.25, 0.3) is 0 Å². The summed E-state index contributed by atoms with van der Waals surface area (Å²) in [5.41, 5.74) is 0. The highest BCUT2D eigenvalue weighted by Crippen LogP contribution is 2.17. The third-order valence-corrected chi connectivity index (χ3v) is 2.50. The van der Waals surface area contributed by atoms with Crippen molar-refractivity contribution in [2.75, 3.05) is 20.2 Å². The van der Waals surface area contributed by atoms with Crippen molar-refractivity contribution >= 4 is 7.05 Å². The summed E-state index contributed by atoms with van der Waals surface area (Å²) in [6, 6.07) is 0. The Morgan fingerprint density at radius 1 is 1.62 bits per heavy atom. The molecule has 13 heavy (non-hydrogen) atoms. The number of nitrogens with zero attached hydrogens (tertiary/aromatic N) is 1. The van der Waals surface area contributed by atoms with E-state index in [-0.39, 0.29) is 7.05 Å². The van der Waals surface area contributed by atoms with Gasteiger partial charge in [0.1, 0.15) is 0 Å². The molecule has 1 saturated heterocycles. The lowest BCUT2D eigenvalue weighted by Crippen LogP contribution is -2.43. The molecule has 1 fully saturated rings. The van der Waals surface area contributed by atoms with Crippen molar-refractivity contribution in [1.29, 1.82) is 0 Å². The van der Waals surface area contributed by atoms with Crippen LogP contribution in [0.3, 0.4) is 0 Å². The van der Waals surface area contributed by atoms with Crippen molar-refractivity contribution in [3.63, 3.8) is 0 Å². The van der Waals surface area contributed by atoms with Crippen LogP contribution >= 0.6 is 0 Å². The summed E-state index contributed by atoms with van der Waals surface area (Å²) in [4.78, 5) is 2.09. The first kappa shape index (κ1) is 10.6. The van der Waals surface area contributed by atoms with Gasteiger partial charge in [-0.15, -0.1) is 0 Å². The first-order valence-electron chi connectivity index (χ1n) is 4.85. The molecule has 4 heteroatoms. The highest BCUT2D eigenvalue weighted by molar-refractivity contribution is 6.45. The van der Waals surface area contributed by atoms with Gasteiger partial charge in [0.15, 0.2) is 0 Å². The van der Waals surface area contributed by atoms with Gasteiger partial charge in [-0.3, -0.25) is 0 Å². The quantitative estimate of drug-likeness (QED) is 0.522. The lowest BCUT2D eigenvalue weighted by atomic mass is 9.81. The molecule has 0 bridgehead atoms. The average molecular weight is 183 g/mol. The second-order valence-electron chi connectivity index (χ2n) is 3.59. The van der Waals surface area contributed by atoms with Crippen LogP contribution in [-0.4, -0.2) is 37.1 Å². The Morgan fingerprint density at radius 3 is 3.00 bits per heavy atom. The predicted molar refractivity (Wildman–Crippen MR) is 54.3 cm³/mol. The van der Waals surface area contributed by atoms with E-state index in [4.69, 9.17) is 4.74 Å². The summed E-state index contributed by atoms with van der Waals surface area (Å²) in [5, 5.41) is 9.39. The number of rotatable bonds is 3. The standard InChI is InChI=1S/C9H18BNO2/c1-10(12)11-6-3-4-9(8-11)5-7-13-2/h5,7,9,12H,3-4,6,8H2,1-2H3/b7-5+/t9-/m0/s1. The van der Waals surface area contributed by atoms with Crippen molar-refractivity contribution in [1.82, 2.24) is 4.81 Å². The van der Waals surface area contributed by atoms with Crippen LogP contribution < -0.4 is 0 Å². The fraction of sp³-hybridized carbons (Fsp3) is 0.778. The van der Waals surface area contributed by atoms with Crippen molar-refractivity contribution in [2.45, 2.75) is 19.7 Å². The molecule has 0 saturated carbocycles. The molecule has 1 aliphatic rings. The number of hydrogen-bond acceptors (Lipinski definition) is 3. The zero-order valence-corrected chi connectivity index (χ0v) is 8.44. The minimum absolute atomic E-state index is 0.321. The van der Waals surface area contributed by atoms with Gasteiger partial charge in [0.05, 0.1) is 13.4 Å². The van der Waals surface area contributed by atoms with Gasteiger partial charge in [-0.25, -0.2) is 0 Å². The summed E-state index contributed by atoms with van der Waals surface area (Å²) < 4.78 is 4.88. The van der Waals surface area contributed by atoms with Gasteiger partial charge in [-0.05, 0) is 44.7 Å². The molecule has 1 N–H and O–H groups in total. The zero-order chi connectivity index (χ0) is 9.68. The summed E-state index contributed by atoms with van der Waals surface area (Å²) in [5.74, 6) is 0.531. The monoisotopic (exact) mass is 183 g/mol. The maximum atomic E-state index is 9.39. The average Bonchev–Trinajstić information content (AvgIpc) is 2.15. The summed E-state index contributed by atoms with van der Waals surface area (Å²) in [7, 11) is 1.34. The van der Waals surface area contributed by atoms with Gasteiger partial charge in [0, 0.05) is 0 Å². The van der Waals surface area contributed by atoms with Crippen LogP contribution in [-0.2, 0) is 4.74 Å². The Bertz CT molecular complexity index is 173. The fourth-order valence-electron chi connectivity index (χ4n) is 1.73. The van der Waals surface area contributed by atoms with Crippen LogP contribution in [0, 0.1) is 5.92 Å². The SMILES string of the molecule is CO/C=C/[C@@H]1CCCN(B(C)O)C1. The summed E-state index contributed by atoms with van der Waals surface area (Å²) in [6.07, 6.45) is 6.16. The van der Waals surface area contributed by atoms with Crippen LogP contribution in [0.2, 0.25) is 6.82 Å². The lowest BCUT2D eigenvalue weighted by molar-refractivity contribution is 0.265. The van der Waals surface area contributed by atoms with Crippen molar-refractivity contribution in [3.05, 3.63) is 12.3 Å². The Labute approximate surface area is 80.5 Å². The normalized spacial score (nSPS) is 25.0. The van der Waals surface area contributed by atoms with E-state index in [9.17, 15) is 5.02 Å². The Kier molecular flexibility index (Phi) is 4.32. The molecule has 1 atom stereocenters. The molecule has 74 valence electrons. The minimum Gasteiger partial charge on any atom is -0.505 e. The molecule has 1 aliphatic heterocycles. The van der Waals surface area contributed by atoms with Crippen LogP contribution in [0.1, 0.15) is 12.8 Å². The molecule has 0 spiro atoms. The highest BCUT2D eigenvalue weighted by Gasteiger charge is 2.23. The molecule has 0 aromatic heterocycles. The molecule has 0 amide bonds. The Balaban J connectivity index is 2.37. The molecule has 0 radical (unpaired) electrons. The Hall–Kier alpha value is -0.475. The smallest absolute Gasteiger partial charge is 0.376 e. The largest absolute Gasteiger partial charge is 0.505 e. The molecule has 0 unspecified atom stereocenters. The zero-order valence-electron chi connectivity index (χ0n) is 8.44. The first-order chi connectivity index (χ1) is 6.24. The molecule has 1 rings (SSSR count).